The molecule has 0 unspecified atom stereocenters. The Kier molecular flexibility index (Phi) is 6.57. The average Bonchev–Trinajstić information content (AvgIpc) is 3.48. The molecule has 0 aliphatic heterocycles. The van der Waals surface area contributed by atoms with Crippen LogP contribution >= 0.6 is 0 Å². The molecule has 0 aliphatic rings. The zero-order valence-electron chi connectivity index (χ0n) is 17.5. The van der Waals surface area contributed by atoms with Crippen molar-refractivity contribution in [2.45, 2.75) is 12.6 Å². The molecule has 0 bridgehead atoms. The molecule has 4 aromatic rings. The van der Waals surface area contributed by atoms with Gasteiger partial charge in [0.25, 0.3) is 5.91 Å². The number of carbonyl (C=O) groups excluding carboxylic acids is 2. The zero-order chi connectivity index (χ0) is 22.3. The molecule has 0 fully saturated rings. The highest BCUT2D eigenvalue weighted by molar-refractivity contribution is 6.01. The first-order chi connectivity index (χ1) is 15.7. The second kappa shape index (κ2) is 9.88. The van der Waals surface area contributed by atoms with Gasteiger partial charge in [0, 0.05) is 19.3 Å². The summed E-state index contributed by atoms with van der Waals surface area (Å²) in [6.07, 6.45) is 1.48. The largest absolute Gasteiger partial charge is 0.467 e. The number of furan rings is 1. The Morgan fingerprint density at radius 2 is 1.88 bits per heavy atom. The van der Waals surface area contributed by atoms with Gasteiger partial charge in [-0.15, -0.1) is 5.10 Å². The molecule has 1 N–H and O–H groups in total. The minimum atomic E-state index is -1.01. The van der Waals surface area contributed by atoms with E-state index in [2.05, 4.69) is 15.6 Å². The third-order valence-electron chi connectivity index (χ3n) is 4.93. The predicted molar refractivity (Wildman–Crippen MR) is 118 cm³/mol. The van der Waals surface area contributed by atoms with E-state index in [1.165, 1.54) is 15.8 Å². The minimum absolute atomic E-state index is 0.0992. The molecule has 2 heterocycles. The van der Waals surface area contributed by atoms with E-state index < -0.39 is 6.04 Å². The Hall–Kier alpha value is -3.98. The smallest absolute Gasteiger partial charge is 0.251 e. The fraction of sp³-hybridized carbons (Fsp3) is 0.217. The monoisotopic (exact) mass is 433 g/mol. The van der Waals surface area contributed by atoms with Gasteiger partial charge in [0.1, 0.15) is 17.8 Å². The number of aromatic nitrogens is 3. The van der Waals surface area contributed by atoms with E-state index in [0.717, 1.165) is 5.52 Å². The van der Waals surface area contributed by atoms with Gasteiger partial charge in [-0.1, -0.05) is 35.5 Å². The van der Waals surface area contributed by atoms with Crippen molar-refractivity contribution in [3.8, 4) is 0 Å². The predicted octanol–water partition coefficient (Wildman–Crippen LogP) is 2.56. The van der Waals surface area contributed by atoms with Gasteiger partial charge in [-0.3, -0.25) is 14.5 Å². The summed E-state index contributed by atoms with van der Waals surface area (Å²) < 4.78 is 12.1. The van der Waals surface area contributed by atoms with E-state index >= 15 is 0 Å². The summed E-state index contributed by atoms with van der Waals surface area (Å²) in [5.74, 6) is -0.367. The number of benzene rings is 2. The van der Waals surface area contributed by atoms with Crippen LogP contribution in [0.5, 0.6) is 0 Å². The average molecular weight is 433 g/mol. The van der Waals surface area contributed by atoms with Crippen LogP contribution in [0.1, 0.15) is 11.8 Å². The van der Waals surface area contributed by atoms with Crippen molar-refractivity contribution in [3.63, 3.8) is 0 Å². The molecule has 2 amide bonds. The molecule has 9 heteroatoms. The van der Waals surface area contributed by atoms with Gasteiger partial charge in [0.05, 0.1) is 18.4 Å². The molecule has 0 saturated heterocycles. The number of methoxy groups -OCH3 is 1. The number of rotatable bonds is 9. The number of carbonyl (C=O) groups is 2. The molecule has 0 saturated carbocycles. The Bertz CT molecular complexity index is 1170. The Morgan fingerprint density at radius 3 is 2.62 bits per heavy atom. The second-order valence-corrected chi connectivity index (χ2v) is 7.04. The molecular weight excluding hydrogens is 410 g/mol. The quantitative estimate of drug-likeness (QED) is 0.407. The van der Waals surface area contributed by atoms with Gasteiger partial charge in [-0.05, 0) is 36.4 Å². The topological polar surface area (TPSA) is 102 Å². The van der Waals surface area contributed by atoms with Crippen LogP contribution in [-0.2, 0) is 20.9 Å². The van der Waals surface area contributed by atoms with Crippen molar-refractivity contribution in [2.24, 2.45) is 0 Å². The Morgan fingerprint density at radius 1 is 1.09 bits per heavy atom. The van der Waals surface area contributed by atoms with Crippen LogP contribution < -0.4 is 10.2 Å². The molecule has 164 valence electrons. The van der Waals surface area contributed by atoms with Crippen LogP contribution in [0.4, 0.5) is 5.69 Å². The molecule has 0 spiro atoms. The van der Waals surface area contributed by atoms with Crippen LogP contribution in [-0.4, -0.2) is 47.1 Å². The summed E-state index contributed by atoms with van der Waals surface area (Å²) in [6, 6.07) is 18.7. The van der Waals surface area contributed by atoms with Crippen molar-refractivity contribution < 1.29 is 18.7 Å². The number of para-hydroxylation sites is 2. The lowest BCUT2D eigenvalue weighted by atomic mass is 10.1. The van der Waals surface area contributed by atoms with Crippen molar-refractivity contribution in [2.75, 3.05) is 25.2 Å². The summed E-state index contributed by atoms with van der Waals surface area (Å²) in [4.78, 5) is 28.2. The number of fused-ring (bicyclic) bond motifs is 1. The van der Waals surface area contributed by atoms with Crippen LogP contribution in [0.25, 0.3) is 11.0 Å². The number of amides is 2. The van der Waals surface area contributed by atoms with E-state index in [4.69, 9.17) is 9.15 Å². The number of anilines is 1. The zero-order valence-corrected chi connectivity index (χ0v) is 17.5. The highest BCUT2D eigenvalue weighted by Crippen LogP contribution is 2.29. The SMILES string of the molecule is COCCNC(=O)[C@H](c1ccco1)N(C(=O)Cn1nnc2ccccc21)c1ccccc1. The van der Waals surface area contributed by atoms with E-state index in [1.54, 1.807) is 31.4 Å². The van der Waals surface area contributed by atoms with Crippen molar-refractivity contribution >= 4 is 28.5 Å². The molecule has 32 heavy (non-hydrogen) atoms. The molecule has 9 nitrogen and oxygen atoms in total. The fourth-order valence-corrected chi connectivity index (χ4v) is 3.46. The number of hydrogen-bond acceptors (Lipinski definition) is 6. The second-order valence-electron chi connectivity index (χ2n) is 7.04. The summed E-state index contributed by atoms with van der Waals surface area (Å²) in [7, 11) is 1.55. The summed E-state index contributed by atoms with van der Waals surface area (Å²) in [5.41, 5.74) is 1.98. The number of nitrogens with zero attached hydrogens (tertiary/aromatic N) is 4. The van der Waals surface area contributed by atoms with Crippen LogP contribution in [0.3, 0.4) is 0 Å². The van der Waals surface area contributed by atoms with Crippen molar-refractivity contribution in [1.82, 2.24) is 20.3 Å². The third-order valence-corrected chi connectivity index (χ3v) is 4.93. The Balaban J connectivity index is 1.71. The maximum atomic E-state index is 13.6. The van der Waals surface area contributed by atoms with Crippen molar-refractivity contribution in [3.05, 3.63) is 78.8 Å². The van der Waals surface area contributed by atoms with E-state index in [1.807, 2.05) is 42.5 Å². The minimum Gasteiger partial charge on any atom is -0.467 e. The van der Waals surface area contributed by atoms with Gasteiger partial charge >= 0.3 is 0 Å². The van der Waals surface area contributed by atoms with E-state index in [-0.39, 0.29) is 18.4 Å². The molecular formula is C23H23N5O4. The lowest BCUT2D eigenvalue weighted by Crippen LogP contribution is -2.45. The number of nitrogens with one attached hydrogen (secondary N) is 1. The van der Waals surface area contributed by atoms with Crippen LogP contribution in [0.2, 0.25) is 0 Å². The molecule has 2 aromatic carbocycles. The van der Waals surface area contributed by atoms with Gasteiger partial charge in [0.2, 0.25) is 5.91 Å². The van der Waals surface area contributed by atoms with Gasteiger partial charge < -0.3 is 14.5 Å². The first-order valence-corrected chi connectivity index (χ1v) is 10.1. The van der Waals surface area contributed by atoms with Crippen LogP contribution in [0.15, 0.2) is 77.4 Å². The third kappa shape index (κ3) is 4.52. The first-order valence-electron chi connectivity index (χ1n) is 10.1. The molecule has 0 aliphatic carbocycles. The molecule has 0 radical (unpaired) electrons. The summed E-state index contributed by atoms with van der Waals surface area (Å²) in [5, 5.41) is 11.0. The molecule has 2 aromatic heterocycles. The number of ether oxygens (including phenoxy) is 1. The number of hydrogen-bond donors (Lipinski definition) is 1. The first kappa shape index (κ1) is 21.3. The Labute approximate surface area is 184 Å². The fourth-order valence-electron chi connectivity index (χ4n) is 3.46. The molecule has 4 rings (SSSR count). The standard InChI is InChI=1S/C23H23N5O4/c1-31-15-13-24-23(30)22(20-12-7-14-32-20)28(17-8-3-2-4-9-17)21(29)16-27-19-11-6-5-10-18(19)25-26-27/h2-12,14,22H,13,15-16H2,1H3,(H,24,30)/t22-/m0/s1. The van der Waals surface area contributed by atoms with Gasteiger partial charge in [-0.25, -0.2) is 4.68 Å². The highest BCUT2D eigenvalue weighted by Gasteiger charge is 2.35. The van der Waals surface area contributed by atoms with E-state index in [9.17, 15) is 9.59 Å². The normalized spacial score (nSPS) is 11.9. The van der Waals surface area contributed by atoms with Gasteiger partial charge in [-0.2, -0.15) is 0 Å². The highest BCUT2D eigenvalue weighted by atomic mass is 16.5. The van der Waals surface area contributed by atoms with E-state index in [0.29, 0.717) is 30.1 Å². The van der Waals surface area contributed by atoms with Crippen LogP contribution in [0, 0.1) is 0 Å². The maximum Gasteiger partial charge on any atom is 0.251 e. The van der Waals surface area contributed by atoms with Gasteiger partial charge in [0.15, 0.2) is 6.04 Å². The summed E-state index contributed by atoms with van der Waals surface area (Å²) >= 11 is 0. The summed E-state index contributed by atoms with van der Waals surface area (Å²) in [6.45, 7) is 0.551. The van der Waals surface area contributed by atoms with Crippen molar-refractivity contribution in [1.29, 1.82) is 0 Å². The molecule has 1 atom stereocenters. The lowest BCUT2D eigenvalue weighted by Gasteiger charge is -2.30. The lowest BCUT2D eigenvalue weighted by molar-refractivity contribution is -0.127. The maximum absolute atomic E-state index is 13.6.